The molecule has 172 valence electrons. The first-order chi connectivity index (χ1) is 15.8. The van der Waals surface area contributed by atoms with E-state index in [-0.39, 0.29) is 11.3 Å². The molecule has 1 spiro atoms. The standard InChI is InChI=1S/C26H31N5O2/c1-25(2,3)24-27-22(29-33-24)17-8-10-18(11-9-17)23(32)30-15-26(16-30)12-20(13-26)31-14-19-6-4-5-7-21(19)28-31/h8-11,14,20H,4-7,12-13,15-16H2,1-3H3. The number of likely N-dealkylation sites (tertiary alicyclic amines) is 1. The molecule has 6 rings (SSSR count). The Morgan fingerprint density at radius 1 is 1.09 bits per heavy atom. The number of fused-ring (bicyclic) bond motifs is 1. The van der Waals surface area contributed by atoms with Crippen molar-refractivity contribution in [3.63, 3.8) is 0 Å². The Labute approximate surface area is 194 Å². The van der Waals surface area contributed by atoms with Crippen molar-refractivity contribution in [2.45, 2.75) is 70.8 Å². The SMILES string of the molecule is CC(C)(C)c1nc(-c2ccc(C(=O)N3CC4(CC(n5cc6c(n5)CCCC6)C4)C3)cc2)no1. The molecule has 2 aliphatic carbocycles. The first kappa shape index (κ1) is 20.6. The molecule has 3 aliphatic rings. The number of carbonyl (C=O) groups is 1. The van der Waals surface area contributed by atoms with E-state index < -0.39 is 0 Å². The van der Waals surface area contributed by atoms with E-state index in [2.05, 4.69) is 21.0 Å². The molecule has 33 heavy (non-hydrogen) atoms. The highest BCUT2D eigenvalue weighted by atomic mass is 16.5. The monoisotopic (exact) mass is 445 g/mol. The number of hydrogen-bond donors (Lipinski definition) is 0. The van der Waals surface area contributed by atoms with Crippen LogP contribution in [0.1, 0.15) is 80.0 Å². The second kappa shape index (κ2) is 7.27. The first-order valence-corrected chi connectivity index (χ1v) is 12.1. The van der Waals surface area contributed by atoms with Crippen LogP contribution < -0.4 is 0 Å². The second-order valence-electron chi connectivity index (χ2n) is 11.3. The van der Waals surface area contributed by atoms with Crippen molar-refractivity contribution < 1.29 is 9.32 Å². The fraction of sp³-hybridized carbons (Fsp3) is 0.538. The van der Waals surface area contributed by atoms with Crippen LogP contribution in [0.5, 0.6) is 0 Å². The van der Waals surface area contributed by atoms with Gasteiger partial charge in [0.2, 0.25) is 11.7 Å². The molecule has 0 bridgehead atoms. The lowest BCUT2D eigenvalue weighted by molar-refractivity contribution is -0.0739. The van der Waals surface area contributed by atoms with Crippen LogP contribution in [0.15, 0.2) is 35.0 Å². The minimum absolute atomic E-state index is 0.105. The van der Waals surface area contributed by atoms with Gasteiger partial charge in [-0.1, -0.05) is 38.1 Å². The molecular weight excluding hydrogens is 414 g/mol. The van der Waals surface area contributed by atoms with Crippen LogP contribution in [-0.4, -0.2) is 43.8 Å². The van der Waals surface area contributed by atoms with Gasteiger partial charge in [-0.2, -0.15) is 10.1 Å². The lowest BCUT2D eigenvalue weighted by Crippen LogP contribution is -2.63. The van der Waals surface area contributed by atoms with Crippen LogP contribution in [0.2, 0.25) is 0 Å². The van der Waals surface area contributed by atoms with Gasteiger partial charge in [0.25, 0.3) is 5.91 Å². The molecule has 2 fully saturated rings. The quantitative estimate of drug-likeness (QED) is 0.589. The van der Waals surface area contributed by atoms with Crippen LogP contribution in [0.25, 0.3) is 11.4 Å². The molecule has 0 atom stereocenters. The van der Waals surface area contributed by atoms with Crippen molar-refractivity contribution in [2.75, 3.05) is 13.1 Å². The van der Waals surface area contributed by atoms with E-state index in [4.69, 9.17) is 9.62 Å². The Morgan fingerprint density at radius 3 is 2.48 bits per heavy atom. The predicted molar refractivity (Wildman–Crippen MR) is 124 cm³/mol. The Morgan fingerprint density at radius 2 is 1.82 bits per heavy atom. The number of nitrogens with zero attached hydrogens (tertiary/aromatic N) is 5. The molecular formula is C26H31N5O2. The molecule has 2 aromatic heterocycles. The molecule has 1 amide bonds. The van der Waals surface area contributed by atoms with Gasteiger partial charge in [0.05, 0.1) is 11.7 Å². The highest BCUT2D eigenvalue weighted by Gasteiger charge is 2.54. The maximum atomic E-state index is 13.0. The zero-order chi connectivity index (χ0) is 22.8. The van der Waals surface area contributed by atoms with E-state index in [0.29, 0.717) is 28.7 Å². The normalized spacial score (nSPS) is 19.8. The van der Waals surface area contributed by atoms with E-state index in [0.717, 1.165) is 37.9 Å². The highest BCUT2D eigenvalue weighted by Crippen LogP contribution is 2.54. The highest BCUT2D eigenvalue weighted by molar-refractivity contribution is 5.95. The van der Waals surface area contributed by atoms with Gasteiger partial charge in [0.1, 0.15) is 0 Å². The summed E-state index contributed by atoms with van der Waals surface area (Å²) in [5.74, 6) is 1.27. The fourth-order valence-electron chi connectivity index (χ4n) is 5.56. The minimum atomic E-state index is -0.189. The van der Waals surface area contributed by atoms with E-state index >= 15 is 0 Å². The third-order valence-corrected chi connectivity index (χ3v) is 7.51. The summed E-state index contributed by atoms with van der Waals surface area (Å²) in [6, 6.07) is 8.04. The summed E-state index contributed by atoms with van der Waals surface area (Å²) in [6.45, 7) is 7.83. The number of aromatic nitrogens is 4. The summed E-state index contributed by atoms with van der Waals surface area (Å²) in [7, 11) is 0. The van der Waals surface area contributed by atoms with Crippen molar-refractivity contribution >= 4 is 5.91 Å². The van der Waals surface area contributed by atoms with Gasteiger partial charge in [-0.25, -0.2) is 0 Å². The lowest BCUT2D eigenvalue weighted by Gasteiger charge is -2.58. The van der Waals surface area contributed by atoms with Gasteiger partial charge in [-0.15, -0.1) is 0 Å². The number of rotatable bonds is 3. The summed E-state index contributed by atoms with van der Waals surface area (Å²) in [5, 5.41) is 8.96. The van der Waals surface area contributed by atoms with Crippen molar-refractivity contribution in [2.24, 2.45) is 5.41 Å². The van der Waals surface area contributed by atoms with E-state index in [1.54, 1.807) is 0 Å². The molecule has 7 heteroatoms. The molecule has 3 heterocycles. The summed E-state index contributed by atoms with van der Waals surface area (Å²) in [6.07, 6.45) is 9.41. The number of benzene rings is 1. The topological polar surface area (TPSA) is 77.1 Å². The van der Waals surface area contributed by atoms with Crippen molar-refractivity contribution in [1.29, 1.82) is 0 Å². The Kier molecular flexibility index (Phi) is 4.55. The summed E-state index contributed by atoms with van der Waals surface area (Å²) < 4.78 is 7.61. The number of aryl methyl sites for hydroxylation is 2. The lowest BCUT2D eigenvalue weighted by atomic mass is 9.60. The van der Waals surface area contributed by atoms with E-state index in [1.807, 2.05) is 49.9 Å². The average Bonchev–Trinajstić information content (AvgIpc) is 3.39. The second-order valence-corrected chi connectivity index (χ2v) is 11.3. The van der Waals surface area contributed by atoms with Crippen molar-refractivity contribution in [3.8, 4) is 11.4 Å². The smallest absolute Gasteiger partial charge is 0.253 e. The van der Waals surface area contributed by atoms with Gasteiger partial charge in [0, 0.05) is 41.2 Å². The largest absolute Gasteiger partial charge is 0.338 e. The Hall–Kier alpha value is -2.96. The summed E-state index contributed by atoms with van der Waals surface area (Å²) >= 11 is 0. The third-order valence-electron chi connectivity index (χ3n) is 7.51. The molecule has 1 aromatic carbocycles. The molecule has 0 N–H and O–H groups in total. The van der Waals surface area contributed by atoms with Gasteiger partial charge in [0.15, 0.2) is 0 Å². The van der Waals surface area contributed by atoms with Gasteiger partial charge in [-0.3, -0.25) is 9.48 Å². The van der Waals surface area contributed by atoms with Crippen LogP contribution >= 0.6 is 0 Å². The first-order valence-electron chi connectivity index (χ1n) is 12.1. The van der Waals surface area contributed by atoms with E-state index in [1.165, 1.54) is 30.5 Å². The van der Waals surface area contributed by atoms with E-state index in [9.17, 15) is 4.79 Å². The number of carbonyl (C=O) groups excluding carboxylic acids is 1. The van der Waals surface area contributed by atoms with Gasteiger partial charge in [-0.05, 0) is 56.2 Å². The Bertz CT molecular complexity index is 1160. The molecule has 7 nitrogen and oxygen atoms in total. The van der Waals surface area contributed by atoms with Crippen LogP contribution in [0, 0.1) is 5.41 Å². The maximum absolute atomic E-state index is 13.0. The zero-order valence-corrected chi connectivity index (χ0v) is 19.7. The molecule has 0 radical (unpaired) electrons. The third kappa shape index (κ3) is 3.58. The number of amides is 1. The minimum Gasteiger partial charge on any atom is -0.338 e. The number of hydrogen-bond acceptors (Lipinski definition) is 5. The maximum Gasteiger partial charge on any atom is 0.253 e. The predicted octanol–water partition coefficient (Wildman–Crippen LogP) is 4.59. The molecule has 0 unspecified atom stereocenters. The summed E-state index contributed by atoms with van der Waals surface area (Å²) in [4.78, 5) is 19.5. The van der Waals surface area contributed by atoms with Gasteiger partial charge < -0.3 is 9.42 Å². The molecule has 1 aliphatic heterocycles. The molecule has 3 aromatic rings. The van der Waals surface area contributed by atoms with Gasteiger partial charge >= 0.3 is 0 Å². The Balaban J connectivity index is 1.06. The van der Waals surface area contributed by atoms with Crippen LogP contribution in [0.4, 0.5) is 0 Å². The summed E-state index contributed by atoms with van der Waals surface area (Å²) in [5.41, 5.74) is 4.43. The fourth-order valence-corrected chi connectivity index (χ4v) is 5.56. The van der Waals surface area contributed by atoms with Crippen LogP contribution in [0.3, 0.4) is 0 Å². The van der Waals surface area contributed by atoms with Crippen LogP contribution in [-0.2, 0) is 18.3 Å². The van der Waals surface area contributed by atoms with Crippen molar-refractivity contribution in [1.82, 2.24) is 24.8 Å². The average molecular weight is 446 g/mol. The molecule has 1 saturated heterocycles. The zero-order valence-electron chi connectivity index (χ0n) is 19.7. The molecule has 1 saturated carbocycles. The van der Waals surface area contributed by atoms with Crippen molar-refractivity contribution in [3.05, 3.63) is 53.2 Å².